The smallest absolute Gasteiger partial charge is 0.315 e. The summed E-state index contributed by atoms with van der Waals surface area (Å²) in [6, 6.07) is 10.1. The molecule has 56 heavy (non-hydrogen) atoms. The van der Waals surface area contributed by atoms with Gasteiger partial charge in [0.2, 0.25) is 11.9 Å². The molecule has 8 N–H and O–H groups in total. The summed E-state index contributed by atoms with van der Waals surface area (Å²) in [6.07, 6.45) is -1.05. The van der Waals surface area contributed by atoms with Crippen molar-refractivity contribution in [1.82, 2.24) is 15.0 Å². The molecule has 0 amide bonds. The topological polar surface area (TPSA) is 340 Å². The van der Waals surface area contributed by atoms with Crippen LogP contribution >= 0.6 is 24.4 Å². The molecule has 300 valence electrons. The fraction of sp³-hybridized carbons (Fsp3) is 0.222. The predicted octanol–water partition coefficient (Wildman–Crippen LogP) is 5.04. The van der Waals surface area contributed by atoms with Gasteiger partial charge < -0.3 is 26.4 Å². The van der Waals surface area contributed by atoms with Gasteiger partial charge in [0.1, 0.15) is 22.0 Å². The number of nitrogens with one attached hydrogen (secondary N) is 1. The van der Waals surface area contributed by atoms with Gasteiger partial charge >= 0.3 is 6.08 Å². The standard InChI is InChI=1S/C27H28FN11O13S4/c28-25-32-26(34-27(33-25)39-7-9-47-10-8-39)31-16-3-6-20(53-51-49-40)18(13-16)36-38-24-22(29)19(14-21(23(24)30)56(44,45)46)37-35-15-1-4-17(5-2-15)55(42,43)12-11-48-54-52-50-41/h1-6,13-14,40-41H,7-12,29-30H2,(H,44,45,46)(H,31,32,33,34). The number of rotatable bonds is 18. The summed E-state index contributed by atoms with van der Waals surface area (Å²) in [4.78, 5) is 12.6. The zero-order valence-electron chi connectivity index (χ0n) is 28.0. The van der Waals surface area contributed by atoms with E-state index in [1.807, 2.05) is 0 Å². The maximum Gasteiger partial charge on any atom is 0.315 e. The summed E-state index contributed by atoms with van der Waals surface area (Å²) >= 11 is 0.708. The number of sulfone groups is 1. The lowest BCUT2D eigenvalue weighted by Crippen LogP contribution is -2.37. The monoisotopic (exact) mass is 861 g/mol. The molecule has 2 heterocycles. The summed E-state index contributed by atoms with van der Waals surface area (Å²) < 4.78 is 92.7. The fourth-order valence-electron chi connectivity index (χ4n) is 4.55. The first kappa shape index (κ1) is 42.4. The van der Waals surface area contributed by atoms with E-state index in [0.717, 1.165) is 6.07 Å². The van der Waals surface area contributed by atoms with Crippen molar-refractivity contribution in [1.29, 1.82) is 0 Å². The molecule has 1 aromatic heterocycles. The van der Waals surface area contributed by atoms with E-state index in [0.29, 0.717) is 38.3 Å². The van der Waals surface area contributed by atoms with Gasteiger partial charge in [-0.25, -0.2) is 18.9 Å². The Morgan fingerprint density at radius 2 is 1.61 bits per heavy atom. The van der Waals surface area contributed by atoms with E-state index in [1.54, 1.807) is 4.90 Å². The lowest BCUT2D eigenvalue weighted by Gasteiger charge is -2.26. The van der Waals surface area contributed by atoms with Gasteiger partial charge in [0.05, 0.1) is 64.5 Å². The number of nitrogens with two attached hydrogens (primary N) is 2. The molecule has 1 aliphatic rings. The first-order valence-corrected chi connectivity index (χ1v) is 19.7. The van der Waals surface area contributed by atoms with Crippen LogP contribution in [0.2, 0.25) is 0 Å². The zero-order chi connectivity index (χ0) is 40.3. The van der Waals surface area contributed by atoms with E-state index in [9.17, 15) is 25.8 Å². The summed E-state index contributed by atoms with van der Waals surface area (Å²) in [6.45, 7) is 1.35. The minimum atomic E-state index is -5.00. The molecule has 0 saturated carbocycles. The van der Waals surface area contributed by atoms with Crippen LogP contribution < -0.4 is 21.7 Å². The number of nitrogen functional groups attached to an aromatic ring is 2. The number of aromatic nitrogens is 3. The predicted molar refractivity (Wildman–Crippen MR) is 193 cm³/mol. The van der Waals surface area contributed by atoms with Crippen LogP contribution in [0.1, 0.15) is 0 Å². The summed E-state index contributed by atoms with van der Waals surface area (Å²) in [7, 11) is -8.82. The minimum Gasteiger partial charge on any atom is -0.396 e. The number of morpholine rings is 1. The van der Waals surface area contributed by atoms with Crippen molar-refractivity contribution < 1.29 is 64.0 Å². The average Bonchev–Trinajstić information content (AvgIpc) is 3.17. The highest BCUT2D eigenvalue weighted by Crippen LogP contribution is 2.44. The number of azo groups is 2. The van der Waals surface area contributed by atoms with Gasteiger partial charge in [0.25, 0.3) is 10.1 Å². The molecular formula is C27H28FN11O13S4. The maximum absolute atomic E-state index is 14.4. The van der Waals surface area contributed by atoms with E-state index in [4.69, 9.17) is 30.9 Å². The van der Waals surface area contributed by atoms with E-state index >= 15 is 0 Å². The molecule has 0 unspecified atom stereocenters. The van der Waals surface area contributed by atoms with Gasteiger partial charge in [-0.3, -0.25) is 8.74 Å². The third kappa shape index (κ3) is 11.4. The second-order valence-corrected chi connectivity index (χ2v) is 15.4. The van der Waals surface area contributed by atoms with Crippen LogP contribution in [0.5, 0.6) is 0 Å². The first-order valence-electron chi connectivity index (χ1n) is 15.2. The quantitative estimate of drug-likeness (QED) is 0.0145. The first-order chi connectivity index (χ1) is 26.8. The second kappa shape index (κ2) is 19.4. The third-order valence-corrected chi connectivity index (χ3v) is 10.7. The molecule has 29 heteroatoms. The molecule has 1 aliphatic heterocycles. The highest BCUT2D eigenvalue weighted by atomic mass is 32.2. The molecule has 0 aliphatic carbocycles. The molecule has 4 aromatic rings. The van der Waals surface area contributed by atoms with E-state index < -0.39 is 48.1 Å². The third-order valence-electron chi connectivity index (χ3n) is 7.13. The van der Waals surface area contributed by atoms with Crippen LogP contribution in [0.15, 0.2) is 83.7 Å². The Morgan fingerprint density at radius 1 is 0.893 bits per heavy atom. The van der Waals surface area contributed by atoms with Crippen LogP contribution in [0.4, 0.5) is 56.1 Å². The number of hydrogen-bond donors (Lipinski definition) is 6. The summed E-state index contributed by atoms with van der Waals surface area (Å²) in [5.74, 6) is -0.541. The van der Waals surface area contributed by atoms with Crippen molar-refractivity contribution in [2.45, 2.75) is 14.7 Å². The number of nitrogens with zero attached hydrogens (tertiary/aromatic N) is 8. The lowest BCUT2D eigenvalue weighted by molar-refractivity contribution is -0.434. The van der Waals surface area contributed by atoms with Crippen molar-refractivity contribution in [3.63, 3.8) is 0 Å². The Labute approximate surface area is 324 Å². The molecule has 5 rings (SSSR count). The summed E-state index contributed by atoms with van der Waals surface area (Å²) in [5, 5.41) is 42.7. The van der Waals surface area contributed by atoms with Crippen molar-refractivity contribution in [3.8, 4) is 0 Å². The molecule has 3 aromatic carbocycles. The SMILES string of the molecule is Nc1c(N=Nc2ccc(S(=O)(=O)CCOSOOO)cc2)cc(S(=O)(=O)O)c(N)c1N=Nc1cc(Nc2nc(F)nc(N3CCOCC3)n2)ccc1SOOO. The number of anilines is 5. The second-order valence-electron chi connectivity index (χ2n) is 10.7. The molecule has 0 spiro atoms. The van der Waals surface area contributed by atoms with Crippen molar-refractivity contribution >= 4 is 96.0 Å². The Hall–Kier alpha value is -4.76. The van der Waals surface area contributed by atoms with Gasteiger partial charge in [-0.2, -0.15) is 32.9 Å². The summed E-state index contributed by atoms with van der Waals surface area (Å²) in [5.41, 5.74) is 10.9. The van der Waals surface area contributed by atoms with Crippen molar-refractivity contribution in [2.75, 3.05) is 60.3 Å². The Morgan fingerprint density at radius 3 is 2.30 bits per heavy atom. The van der Waals surface area contributed by atoms with Crippen LogP contribution in [0.25, 0.3) is 0 Å². The van der Waals surface area contributed by atoms with Gasteiger partial charge in [0.15, 0.2) is 22.2 Å². The van der Waals surface area contributed by atoms with Gasteiger partial charge in [-0.15, -0.1) is 24.0 Å². The Kier molecular flexibility index (Phi) is 14.7. The molecule has 24 nitrogen and oxygen atoms in total. The van der Waals surface area contributed by atoms with E-state index in [2.05, 4.69) is 59.5 Å². The number of benzene rings is 3. The van der Waals surface area contributed by atoms with E-state index in [1.165, 1.54) is 42.5 Å². The van der Waals surface area contributed by atoms with Gasteiger partial charge in [-0.1, -0.05) is 10.1 Å². The largest absolute Gasteiger partial charge is 0.396 e. The van der Waals surface area contributed by atoms with Crippen LogP contribution in [0, 0.1) is 6.08 Å². The van der Waals surface area contributed by atoms with Crippen molar-refractivity contribution in [3.05, 3.63) is 54.6 Å². The molecule has 1 fully saturated rings. The fourth-order valence-corrected chi connectivity index (χ4v) is 7.01. The van der Waals surface area contributed by atoms with Crippen LogP contribution in [-0.2, 0) is 47.6 Å². The number of halogens is 1. The number of ether oxygens (including phenoxy) is 1. The number of hydrogen-bond acceptors (Lipinski definition) is 25. The van der Waals surface area contributed by atoms with Gasteiger partial charge in [0, 0.05) is 18.8 Å². The highest BCUT2D eigenvalue weighted by molar-refractivity contribution is 7.94. The van der Waals surface area contributed by atoms with Gasteiger partial charge in [-0.05, 0) is 48.5 Å². The van der Waals surface area contributed by atoms with Crippen molar-refractivity contribution in [2.24, 2.45) is 20.5 Å². The maximum atomic E-state index is 14.4. The lowest BCUT2D eigenvalue weighted by atomic mass is 10.2. The molecular weight excluding hydrogens is 834 g/mol. The molecule has 1 saturated heterocycles. The minimum absolute atomic E-state index is 0.0351. The zero-order valence-corrected chi connectivity index (χ0v) is 31.3. The normalized spacial score (nSPS) is 13.9. The molecule has 0 bridgehead atoms. The molecule has 0 radical (unpaired) electrons. The Bertz CT molecular complexity index is 2290. The van der Waals surface area contributed by atoms with Crippen LogP contribution in [0.3, 0.4) is 0 Å². The average molecular weight is 862 g/mol. The highest BCUT2D eigenvalue weighted by Gasteiger charge is 2.23. The van der Waals surface area contributed by atoms with E-state index in [-0.39, 0.29) is 69.1 Å². The Balaban J connectivity index is 1.43. The van der Waals surface area contributed by atoms with Crippen LogP contribution in [-0.4, -0.2) is 85.5 Å². The molecule has 0 atom stereocenters.